The Morgan fingerprint density at radius 2 is 1.76 bits per heavy atom. The number of halogens is 3. The van der Waals surface area contributed by atoms with Crippen molar-refractivity contribution < 1.29 is 23.0 Å². The van der Waals surface area contributed by atoms with E-state index < -0.39 is 11.8 Å². The van der Waals surface area contributed by atoms with Crippen LogP contribution in [0, 0.1) is 6.92 Å². The summed E-state index contributed by atoms with van der Waals surface area (Å²) in [6.45, 7) is 3.35. The Bertz CT molecular complexity index is 904. The van der Waals surface area contributed by atoms with E-state index in [-0.39, 0.29) is 31.6 Å². The van der Waals surface area contributed by atoms with Crippen LogP contribution in [0.4, 0.5) is 19.0 Å². The Hall–Kier alpha value is -1.87. The van der Waals surface area contributed by atoms with Crippen molar-refractivity contribution >= 4 is 11.5 Å². The number of morpholine rings is 1. The molecule has 4 heterocycles. The second-order valence-corrected chi connectivity index (χ2v) is 8.73. The highest BCUT2D eigenvalue weighted by atomic mass is 19.4. The van der Waals surface area contributed by atoms with Gasteiger partial charge in [-0.15, -0.1) is 0 Å². The number of hydrogen-bond donors (Lipinski definition) is 1. The highest BCUT2D eigenvalue weighted by Gasteiger charge is 2.54. The number of anilines is 1. The SMILES string of the molecule is Cc1cc(N2C3CCC2COC3)n2nc(C3CCC(O)(C(F)(F)F)CC3)cc2n1. The van der Waals surface area contributed by atoms with Gasteiger partial charge in [0.1, 0.15) is 5.82 Å². The molecule has 3 fully saturated rings. The topological polar surface area (TPSA) is 62.9 Å². The van der Waals surface area contributed by atoms with Crippen LogP contribution in [0.25, 0.3) is 5.65 Å². The quantitative estimate of drug-likeness (QED) is 0.823. The van der Waals surface area contributed by atoms with Gasteiger partial charge in [-0.1, -0.05) is 0 Å². The molecule has 2 aliphatic heterocycles. The maximum absolute atomic E-state index is 13.1. The van der Waals surface area contributed by atoms with Crippen molar-refractivity contribution in [1.29, 1.82) is 0 Å². The minimum absolute atomic E-state index is 0.103. The lowest BCUT2D eigenvalue weighted by Crippen LogP contribution is -2.47. The third-order valence-corrected chi connectivity index (χ3v) is 6.82. The predicted molar refractivity (Wildman–Crippen MR) is 100 cm³/mol. The summed E-state index contributed by atoms with van der Waals surface area (Å²) in [5.74, 6) is 0.881. The van der Waals surface area contributed by atoms with Gasteiger partial charge < -0.3 is 14.7 Å². The van der Waals surface area contributed by atoms with Gasteiger partial charge >= 0.3 is 6.18 Å². The van der Waals surface area contributed by atoms with E-state index in [0.717, 1.165) is 35.7 Å². The van der Waals surface area contributed by atoms with Crippen LogP contribution in [0.15, 0.2) is 12.1 Å². The number of aromatic nitrogens is 3. The molecule has 2 saturated heterocycles. The van der Waals surface area contributed by atoms with Crippen molar-refractivity contribution in [3.05, 3.63) is 23.5 Å². The lowest BCUT2D eigenvalue weighted by atomic mass is 9.77. The molecule has 0 aromatic carbocycles. The van der Waals surface area contributed by atoms with Crippen molar-refractivity contribution in [1.82, 2.24) is 14.6 Å². The standard InChI is InChI=1S/C20H25F3N4O2/c1-12-8-18(26-14-2-3-15(26)11-29-10-14)27-17(24-12)9-16(25-27)13-4-6-19(28,7-5-13)20(21,22)23/h8-9,13-15,28H,2-7,10-11H2,1H3. The molecular formula is C20H25F3N4O2. The van der Waals surface area contributed by atoms with Gasteiger partial charge in [-0.2, -0.15) is 22.8 Å². The summed E-state index contributed by atoms with van der Waals surface area (Å²) < 4.78 is 46.9. The van der Waals surface area contributed by atoms with Crippen molar-refractivity contribution in [3.63, 3.8) is 0 Å². The summed E-state index contributed by atoms with van der Waals surface area (Å²) in [7, 11) is 0. The number of nitrogens with zero attached hydrogens (tertiary/aromatic N) is 4. The van der Waals surface area contributed by atoms with Gasteiger partial charge in [-0.25, -0.2) is 4.98 Å². The Kier molecular flexibility index (Phi) is 4.33. The highest BCUT2D eigenvalue weighted by molar-refractivity contribution is 5.54. The zero-order chi connectivity index (χ0) is 20.4. The first kappa shape index (κ1) is 19.1. The van der Waals surface area contributed by atoms with Gasteiger partial charge in [-0.3, -0.25) is 0 Å². The molecule has 1 aliphatic carbocycles. The Morgan fingerprint density at radius 3 is 2.38 bits per heavy atom. The van der Waals surface area contributed by atoms with Crippen molar-refractivity contribution in [2.45, 2.75) is 75.2 Å². The summed E-state index contributed by atoms with van der Waals surface area (Å²) in [6.07, 6.45) is -2.48. The number of ether oxygens (including phenoxy) is 1. The number of fused-ring (bicyclic) bond motifs is 3. The van der Waals surface area contributed by atoms with E-state index in [0.29, 0.717) is 25.3 Å². The summed E-state index contributed by atoms with van der Waals surface area (Å²) >= 11 is 0. The fourth-order valence-corrected chi connectivity index (χ4v) is 5.16. The number of hydrogen-bond acceptors (Lipinski definition) is 5. The first-order valence-corrected chi connectivity index (χ1v) is 10.3. The first-order valence-electron chi connectivity index (χ1n) is 10.3. The molecule has 2 bridgehead atoms. The second-order valence-electron chi connectivity index (χ2n) is 8.73. The molecule has 2 unspecified atom stereocenters. The molecule has 3 aliphatic rings. The largest absolute Gasteiger partial charge is 0.417 e. The number of aliphatic hydroxyl groups is 1. The normalized spacial score (nSPS) is 32.9. The highest BCUT2D eigenvalue weighted by Crippen LogP contribution is 2.46. The Balaban J connectivity index is 1.46. The Labute approximate surface area is 166 Å². The molecule has 0 amide bonds. The molecule has 2 aromatic rings. The van der Waals surface area contributed by atoms with E-state index in [1.807, 2.05) is 23.6 Å². The van der Waals surface area contributed by atoms with Crippen molar-refractivity contribution in [3.8, 4) is 0 Å². The molecule has 2 atom stereocenters. The van der Waals surface area contributed by atoms with Gasteiger partial charge in [0.05, 0.1) is 31.0 Å². The van der Waals surface area contributed by atoms with E-state index in [9.17, 15) is 18.3 Å². The van der Waals surface area contributed by atoms with E-state index in [1.54, 1.807) is 0 Å². The zero-order valence-corrected chi connectivity index (χ0v) is 16.3. The first-order chi connectivity index (χ1) is 13.7. The molecule has 6 nitrogen and oxygen atoms in total. The van der Waals surface area contributed by atoms with E-state index in [4.69, 9.17) is 9.84 Å². The Morgan fingerprint density at radius 1 is 1.10 bits per heavy atom. The molecule has 0 spiro atoms. The third-order valence-electron chi connectivity index (χ3n) is 6.82. The number of aryl methyl sites for hydroxylation is 1. The second kappa shape index (κ2) is 6.57. The van der Waals surface area contributed by atoms with Gasteiger partial charge in [0, 0.05) is 23.7 Å². The van der Waals surface area contributed by atoms with Gasteiger partial charge in [0.2, 0.25) is 0 Å². The number of rotatable bonds is 2. The number of alkyl halides is 3. The summed E-state index contributed by atoms with van der Waals surface area (Å²) in [5, 5.41) is 14.7. The van der Waals surface area contributed by atoms with Crippen LogP contribution in [0.1, 0.15) is 55.8 Å². The summed E-state index contributed by atoms with van der Waals surface area (Å²) in [5.41, 5.74) is -0.206. The predicted octanol–water partition coefficient (Wildman–Crippen LogP) is 3.36. The van der Waals surface area contributed by atoms with Gasteiger partial charge in [0.25, 0.3) is 0 Å². The van der Waals surface area contributed by atoms with Gasteiger partial charge in [-0.05, 0) is 45.4 Å². The zero-order valence-electron chi connectivity index (χ0n) is 16.3. The molecule has 1 saturated carbocycles. The molecule has 2 aromatic heterocycles. The molecule has 9 heteroatoms. The van der Waals surface area contributed by atoms with Crippen LogP contribution >= 0.6 is 0 Å². The van der Waals surface area contributed by atoms with E-state index >= 15 is 0 Å². The molecular weight excluding hydrogens is 385 g/mol. The van der Waals surface area contributed by atoms with Crippen LogP contribution in [-0.4, -0.2) is 56.8 Å². The maximum atomic E-state index is 13.1. The van der Waals surface area contributed by atoms with Crippen LogP contribution in [-0.2, 0) is 4.74 Å². The monoisotopic (exact) mass is 410 g/mol. The molecule has 0 radical (unpaired) electrons. The van der Waals surface area contributed by atoms with Gasteiger partial charge in [0.15, 0.2) is 11.2 Å². The maximum Gasteiger partial charge on any atom is 0.417 e. The average molecular weight is 410 g/mol. The smallest absolute Gasteiger partial charge is 0.380 e. The van der Waals surface area contributed by atoms with Crippen LogP contribution in [0.5, 0.6) is 0 Å². The molecule has 158 valence electrons. The summed E-state index contributed by atoms with van der Waals surface area (Å²) in [4.78, 5) is 6.98. The van der Waals surface area contributed by atoms with E-state index in [1.165, 1.54) is 0 Å². The third kappa shape index (κ3) is 3.09. The fraction of sp³-hybridized carbons (Fsp3) is 0.700. The van der Waals surface area contributed by atoms with Crippen molar-refractivity contribution in [2.24, 2.45) is 0 Å². The minimum Gasteiger partial charge on any atom is -0.380 e. The molecule has 1 N–H and O–H groups in total. The molecule has 5 rings (SSSR count). The minimum atomic E-state index is -4.58. The summed E-state index contributed by atoms with van der Waals surface area (Å²) in [6, 6.07) is 4.57. The molecule has 29 heavy (non-hydrogen) atoms. The lowest BCUT2D eigenvalue weighted by Gasteiger charge is -2.37. The van der Waals surface area contributed by atoms with Crippen LogP contribution < -0.4 is 4.90 Å². The van der Waals surface area contributed by atoms with Crippen LogP contribution in [0.3, 0.4) is 0 Å². The lowest BCUT2D eigenvalue weighted by molar-refractivity contribution is -0.270. The van der Waals surface area contributed by atoms with Crippen molar-refractivity contribution in [2.75, 3.05) is 18.1 Å². The van der Waals surface area contributed by atoms with E-state index in [2.05, 4.69) is 9.88 Å². The fourth-order valence-electron chi connectivity index (χ4n) is 5.16. The van der Waals surface area contributed by atoms with Crippen LogP contribution in [0.2, 0.25) is 0 Å². The average Bonchev–Trinajstić information content (AvgIpc) is 3.18.